The predicted octanol–water partition coefficient (Wildman–Crippen LogP) is 1.96. The van der Waals surface area contributed by atoms with Gasteiger partial charge >= 0.3 is 0 Å². The zero-order chi connectivity index (χ0) is 12.3. The molecule has 0 bridgehead atoms. The number of carbonyl (C=O) groups excluding carboxylic acids is 1. The molecule has 0 aliphatic carbocycles. The van der Waals surface area contributed by atoms with Crippen LogP contribution in [0.5, 0.6) is 0 Å². The Morgan fingerprint density at radius 2 is 2.29 bits per heavy atom. The van der Waals surface area contributed by atoms with E-state index in [-0.39, 0.29) is 17.8 Å². The summed E-state index contributed by atoms with van der Waals surface area (Å²) in [6.45, 7) is 1.26. The smallest absolute Gasteiger partial charge is 0.220 e. The van der Waals surface area contributed by atoms with Crippen LogP contribution in [0.4, 0.5) is 4.39 Å². The van der Waals surface area contributed by atoms with Crippen LogP contribution in [-0.2, 0) is 11.3 Å². The van der Waals surface area contributed by atoms with E-state index in [2.05, 4.69) is 26.6 Å². The van der Waals surface area contributed by atoms with Gasteiger partial charge in [-0.1, -0.05) is 15.9 Å². The summed E-state index contributed by atoms with van der Waals surface area (Å²) in [6.07, 6.45) is 1.40. The molecule has 1 fully saturated rings. The SMILES string of the molecule is O=C1CCC(NCc2cc(F)cc(Br)c2)CN1. The van der Waals surface area contributed by atoms with Gasteiger partial charge in [0.2, 0.25) is 5.91 Å². The number of nitrogens with one attached hydrogen (secondary N) is 2. The molecule has 0 spiro atoms. The van der Waals surface area contributed by atoms with E-state index >= 15 is 0 Å². The molecule has 1 heterocycles. The van der Waals surface area contributed by atoms with Crippen molar-refractivity contribution < 1.29 is 9.18 Å². The molecule has 1 amide bonds. The number of amides is 1. The first-order chi connectivity index (χ1) is 8.13. The molecule has 17 heavy (non-hydrogen) atoms. The molecule has 92 valence electrons. The summed E-state index contributed by atoms with van der Waals surface area (Å²) in [5.41, 5.74) is 0.897. The van der Waals surface area contributed by atoms with E-state index in [0.717, 1.165) is 16.5 Å². The third kappa shape index (κ3) is 3.78. The van der Waals surface area contributed by atoms with Crippen molar-refractivity contribution in [1.82, 2.24) is 10.6 Å². The van der Waals surface area contributed by atoms with E-state index in [1.807, 2.05) is 6.07 Å². The molecule has 2 rings (SSSR count). The second-order valence-electron chi connectivity index (χ2n) is 4.20. The Morgan fingerprint density at radius 1 is 1.47 bits per heavy atom. The van der Waals surface area contributed by atoms with Crippen molar-refractivity contribution >= 4 is 21.8 Å². The van der Waals surface area contributed by atoms with Gasteiger partial charge in [0.05, 0.1) is 0 Å². The average Bonchev–Trinajstić information content (AvgIpc) is 2.27. The van der Waals surface area contributed by atoms with Gasteiger partial charge in [0.1, 0.15) is 5.82 Å². The Hall–Kier alpha value is -0.940. The van der Waals surface area contributed by atoms with Gasteiger partial charge in [-0.15, -0.1) is 0 Å². The summed E-state index contributed by atoms with van der Waals surface area (Å²) in [6, 6.07) is 5.11. The second-order valence-corrected chi connectivity index (χ2v) is 5.11. The molecule has 1 saturated heterocycles. The predicted molar refractivity (Wildman–Crippen MR) is 67.0 cm³/mol. The molecule has 3 nitrogen and oxygen atoms in total. The van der Waals surface area contributed by atoms with Crippen molar-refractivity contribution in [1.29, 1.82) is 0 Å². The lowest BCUT2D eigenvalue weighted by molar-refractivity contribution is -0.122. The van der Waals surface area contributed by atoms with E-state index < -0.39 is 0 Å². The second kappa shape index (κ2) is 5.60. The van der Waals surface area contributed by atoms with Gasteiger partial charge in [0.15, 0.2) is 0 Å². The van der Waals surface area contributed by atoms with Crippen molar-refractivity contribution in [3.63, 3.8) is 0 Å². The van der Waals surface area contributed by atoms with E-state index in [4.69, 9.17) is 0 Å². The molecule has 1 unspecified atom stereocenters. The molecular formula is C12H14BrFN2O. The lowest BCUT2D eigenvalue weighted by Gasteiger charge is -2.23. The number of carbonyl (C=O) groups is 1. The van der Waals surface area contributed by atoms with Gasteiger partial charge in [-0.05, 0) is 30.2 Å². The minimum Gasteiger partial charge on any atom is -0.355 e. The maximum absolute atomic E-state index is 13.1. The van der Waals surface area contributed by atoms with Gasteiger partial charge < -0.3 is 10.6 Å². The first kappa shape index (κ1) is 12.5. The highest BCUT2D eigenvalue weighted by Crippen LogP contribution is 2.15. The minimum atomic E-state index is -0.242. The van der Waals surface area contributed by atoms with Crippen LogP contribution in [0.15, 0.2) is 22.7 Å². The molecule has 1 atom stereocenters. The van der Waals surface area contributed by atoms with Gasteiger partial charge in [-0.2, -0.15) is 0 Å². The number of piperidine rings is 1. The largest absolute Gasteiger partial charge is 0.355 e. The van der Waals surface area contributed by atoms with Crippen LogP contribution >= 0.6 is 15.9 Å². The molecular weight excluding hydrogens is 287 g/mol. The zero-order valence-corrected chi connectivity index (χ0v) is 10.9. The van der Waals surface area contributed by atoms with Crippen molar-refractivity contribution in [2.45, 2.75) is 25.4 Å². The fourth-order valence-electron chi connectivity index (χ4n) is 1.88. The molecule has 1 aromatic rings. The van der Waals surface area contributed by atoms with Gasteiger partial charge in [-0.3, -0.25) is 4.79 Å². The lowest BCUT2D eigenvalue weighted by atomic mass is 10.1. The van der Waals surface area contributed by atoms with Crippen LogP contribution in [0.3, 0.4) is 0 Å². The Morgan fingerprint density at radius 3 is 2.94 bits per heavy atom. The van der Waals surface area contributed by atoms with E-state index in [9.17, 15) is 9.18 Å². The summed E-state index contributed by atoms with van der Waals surface area (Å²) >= 11 is 3.26. The molecule has 0 aromatic heterocycles. The minimum absolute atomic E-state index is 0.108. The Kier molecular flexibility index (Phi) is 4.12. The third-order valence-electron chi connectivity index (χ3n) is 2.78. The van der Waals surface area contributed by atoms with Gasteiger partial charge in [0.25, 0.3) is 0 Å². The number of hydrogen-bond acceptors (Lipinski definition) is 2. The van der Waals surface area contributed by atoms with E-state index in [1.165, 1.54) is 12.1 Å². The van der Waals surface area contributed by atoms with Crippen LogP contribution < -0.4 is 10.6 Å². The summed E-state index contributed by atoms with van der Waals surface area (Å²) in [5.74, 6) is -0.135. The standard InChI is InChI=1S/C12H14BrFN2O/c13-9-3-8(4-10(14)5-9)6-15-11-1-2-12(17)16-7-11/h3-5,11,15H,1-2,6-7H2,(H,16,17). The maximum atomic E-state index is 13.1. The molecule has 1 aliphatic rings. The van der Waals surface area contributed by atoms with E-state index in [0.29, 0.717) is 19.5 Å². The molecule has 0 saturated carbocycles. The molecule has 5 heteroatoms. The first-order valence-corrected chi connectivity index (χ1v) is 6.38. The van der Waals surface area contributed by atoms with E-state index in [1.54, 1.807) is 0 Å². The molecule has 2 N–H and O–H groups in total. The highest BCUT2D eigenvalue weighted by atomic mass is 79.9. The maximum Gasteiger partial charge on any atom is 0.220 e. The Bertz CT molecular complexity index is 395. The van der Waals surface area contributed by atoms with Crippen molar-refractivity contribution in [3.05, 3.63) is 34.1 Å². The van der Waals surface area contributed by atoms with Crippen LogP contribution in [0.2, 0.25) is 0 Å². The van der Waals surface area contributed by atoms with Gasteiger partial charge in [-0.25, -0.2) is 4.39 Å². The lowest BCUT2D eigenvalue weighted by Crippen LogP contribution is -2.45. The van der Waals surface area contributed by atoms with Crippen molar-refractivity contribution in [2.24, 2.45) is 0 Å². The summed E-state index contributed by atoms with van der Waals surface area (Å²) < 4.78 is 13.9. The zero-order valence-electron chi connectivity index (χ0n) is 9.30. The highest BCUT2D eigenvalue weighted by Gasteiger charge is 2.17. The van der Waals surface area contributed by atoms with Crippen LogP contribution in [0.25, 0.3) is 0 Å². The summed E-state index contributed by atoms with van der Waals surface area (Å²) in [4.78, 5) is 11.0. The highest BCUT2D eigenvalue weighted by molar-refractivity contribution is 9.10. The third-order valence-corrected chi connectivity index (χ3v) is 3.24. The number of hydrogen-bond donors (Lipinski definition) is 2. The number of halogens is 2. The van der Waals surface area contributed by atoms with Crippen molar-refractivity contribution in [2.75, 3.05) is 6.54 Å². The summed E-state index contributed by atoms with van der Waals surface area (Å²) in [5, 5.41) is 6.12. The van der Waals surface area contributed by atoms with Gasteiger partial charge in [0, 0.05) is 30.0 Å². The van der Waals surface area contributed by atoms with Crippen LogP contribution in [-0.4, -0.2) is 18.5 Å². The first-order valence-electron chi connectivity index (χ1n) is 5.58. The topological polar surface area (TPSA) is 41.1 Å². The van der Waals surface area contributed by atoms with Crippen LogP contribution in [0.1, 0.15) is 18.4 Å². The van der Waals surface area contributed by atoms with Crippen molar-refractivity contribution in [3.8, 4) is 0 Å². The fraction of sp³-hybridized carbons (Fsp3) is 0.417. The van der Waals surface area contributed by atoms with Crippen LogP contribution in [0, 0.1) is 5.82 Å². The molecule has 1 aromatic carbocycles. The fourth-order valence-corrected chi connectivity index (χ4v) is 2.39. The number of benzene rings is 1. The quantitative estimate of drug-likeness (QED) is 0.896. The normalized spacial score (nSPS) is 20.1. The Balaban J connectivity index is 1.87. The summed E-state index contributed by atoms with van der Waals surface area (Å²) in [7, 11) is 0. The monoisotopic (exact) mass is 300 g/mol. The number of rotatable bonds is 3. The molecule has 0 radical (unpaired) electrons. The Labute approximate surface area is 108 Å². The average molecular weight is 301 g/mol. The molecule has 1 aliphatic heterocycles.